The van der Waals surface area contributed by atoms with Crippen molar-refractivity contribution in [2.45, 2.75) is 25.7 Å². The molecule has 0 unspecified atom stereocenters. The maximum Gasteiger partial charge on any atom is 0.419 e. The van der Waals surface area contributed by atoms with Crippen LogP contribution in [0.25, 0.3) is 11.1 Å². The molecule has 1 aromatic carbocycles. The van der Waals surface area contributed by atoms with Gasteiger partial charge in [-0.15, -0.1) is 0 Å². The quantitative estimate of drug-likeness (QED) is 0.831. The predicted octanol–water partition coefficient (Wildman–Crippen LogP) is 1.75. The van der Waals surface area contributed by atoms with E-state index in [0.717, 1.165) is 25.2 Å². The fraction of sp³-hybridized carbons (Fsp3) is 0.462. The first kappa shape index (κ1) is 11.5. The normalized spacial score (nSPS) is 17.3. The van der Waals surface area contributed by atoms with Gasteiger partial charge in [0.1, 0.15) is 0 Å². The minimum Gasteiger partial charge on any atom is -0.408 e. The average Bonchev–Trinajstić information content (AvgIpc) is 2.73. The lowest BCUT2D eigenvalue weighted by Gasteiger charge is -2.22. The molecular weight excluding hydrogens is 234 g/mol. The van der Waals surface area contributed by atoms with E-state index in [2.05, 4.69) is 0 Å². The van der Waals surface area contributed by atoms with E-state index in [0.29, 0.717) is 18.5 Å². The van der Waals surface area contributed by atoms with Crippen LogP contribution in [-0.2, 0) is 16.0 Å². The lowest BCUT2D eigenvalue weighted by atomic mass is 10.3. The number of fused-ring (bicyclic) bond motifs is 1. The van der Waals surface area contributed by atoms with E-state index in [-0.39, 0.29) is 12.0 Å². The first-order valence-electron chi connectivity index (χ1n) is 6.16. The van der Waals surface area contributed by atoms with Crippen LogP contribution in [0.2, 0.25) is 0 Å². The Hall–Kier alpha value is -1.59. The zero-order valence-electron chi connectivity index (χ0n) is 10.0. The van der Waals surface area contributed by atoms with Gasteiger partial charge in [-0.25, -0.2) is 4.79 Å². The molecule has 1 fully saturated rings. The van der Waals surface area contributed by atoms with Crippen molar-refractivity contribution < 1.29 is 13.9 Å². The summed E-state index contributed by atoms with van der Waals surface area (Å²) in [5.74, 6) is -0.327. The van der Waals surface area contributed by atoms with Crippen molar-refractivity contribution in [2.75, 3.05) is 13.2 Å². The van der Waals surface area contributed by atoms with Gasteiger partial charge in [0.05, 0.1) is 18.7 Å². The van der Waals surface area contributed by atoms with Crippen LogP contribution >= 0.6 is 0 Å². The summed E-state index contributed by atoms with van der Waals surface area (Å²) < 4.78 is 17.7. The highest BCUT2D eigenvalue weighted by Gasteiger charge is 2.16. The highest BCUT2D eigenvalue weighted by Crippen LogP contribution is 2.14. The summed E-state index contributed by atoms with van der Waals surface area (Å²) in [6.45, 7) is 2.00. The first-order valence-corrected chi connectivity index (χ1v) is 6.16. The van der Waals surface area contributed by atoms with Gasteiger partial charge in [0, 0.05) is 13.0 Å². The van der Waals surface area contributed by atoms with E-state index in [1.165, 1.54) is 0 Å². The molecule has 1 aliphatic heterocycles. The number of oxazole rings is 1. The SMILES string of the molecule is O=c1oc2ccccc2n1CCC1OCCCO1. The molecule has 96 valence electrons. The summed E-state index contributed by atoms with van der Waals surface area (Å²) in [6.07, 6.45) is 1.38. The van der Waals surface area contributed by atoms with Gasteiger partial charge in [0.2, 0.25) is 0 Å². The lowest BCUT2D eigenvalue weighted by molar-refractivity contribution is -0.182. The second kappa shape index (κ2) is 4.96. The molecule has 0 saturated carbocycles. The molecule has 0 N–H and O–H groups in total. The third-order valence-electron chi connectivity index (χ3n) is 3.06. The Bertz CT molecular complexity index is 580. The molecule has 0 radical (unpaired) electrons. The van der Waals surface area contributed by atoms with Gasteiger partial charge in [-0.05, 0) is 18.6 Å². The highest BCUT2D eigenvalue weighted by molar-refractivity contribution is 5.72. The van der Waals surface area contributed by atoms with Crippen molar-refractivity contribution in [3.8, 4) is 0 Å². The number of nitrogens with zero attached hydrogens (tertiary/aromatic N) is 1. The Kier molecular flexibility index (Phi) is 3.17. The topological polar surface area (TPSA) is 53.6 Å². The number of aryl methyl sites for hydroxylation is 1. The second-order valence-corrected chi connectivity index (χ2v) is 4.30. The molecule has 1 aromatic heterocycles. The third kappa shape index (κ3) is 2.19. The first-order chi connectivity index (χ1) is 8.84. The molecule has 2 heterocycles. The Labute approximate surface area is 104 Å². The Morgan fingerprint density at radius 1 is 1.22 bits per heavy atom. The molecule has 0 aliphatic carbocycles. The second-order valence-electron chi connectivity index (χ2n) is 4.30. The number of benzene rings is 1. The van der Waals surface area contributed by atoms with E-state index >= 15 is 0 Å². The molecule has 2 aromatic rings. The van der Waals surface area contributed by atoms with Gasteiger partial charge >= 0.3 is 5.76 Å². The Balaban J connectivity index is 1.77. The molecule has 5 heteroatoms. The summed E-state index contributed by atoms with van der Waals surface area (Å²) in [6, 6.07) is 7.41. The molecule has 1 aliphatic rings. The molecular formula is C13H15NO4. The van der Waals surface area contributed by atoms with Gasteiger partial charge in [0.15, 0.2) is 11.9 Å². The number of aromatic nitrogens is 1. The largest absolute Gasteiger partial charge is 0.419 e. The van der Waals surface area contributed by atoms with Crippen LogP contribution in [0.15, 0.2) is 33.5 Å². The van der Waals surface area contributed by atoms with E-state index in [9.17, 15) is 4.79 Å². The fourth-order valence-corrected chi connectivity index (χ4v) is 2.16. The van der Waals surface area contributed by atoms with E-state index < -0.39 is 0 Å². The summed E-state index contributed by atoms with van der Waals surface area (Å²) in [5.41, 5.74) is 1.44. The van der Waals surface area contributed by atoms with Crippen LogP contribution < -0.4 is 5.76 Å². The van der Waals surface area contributed by atoms with Crippen LogP contribution in [0.1, 0.15) is 12.8 Å². The molecule has 18 heavy (non-hydrogen) atoms. The van der Waals surface area contributed by atoms with Crippen molar-refractivity contribution in [2.24, 2.45) is 0 Å². The smallest absolute Gasteiger partial charge is 0.408 e. The number of para-hydroxylation sites is 2. The van der Waals surface area contributed by atoms with Crippen molar-refractivity contribution in [1.82, 2.24) is 4.57 Å². The number of hydrogen-bond acceptors (Lipinski definition) is 4. The number of hydrogen-bond donors (Lipinski definition) is 0. The molecule has 0 amide bonds. The summed E-state index contributed by atoms with van der Waals surface area (Å²) in [5, 5.41) is 0. The van der Waals surface area contributed by atoms with E-state index in [1.807, 2.05) is 18.2 Å². The minimum absolute atomic E-state index is 0.209. The van der Waals surface area contributed by atoms with Crippen molar-refractivity contribution >= 4 is 11.1 Å². The molecule has 5 nitrogen and oxygen atoms in total. The summed E-state index contributed by atoms with van der Waals surface area (Å²) in [7, 11) is 0. The van der Waals surface area contributed by atoms with Crippen LogP contribution in [0.4, 0.5) is 0 Å². The molecule has 0 bridgehead atoms. The minimum atomic E-state index is -0.327. The lowest BCUT2D eigenvalue weighted by Crippen LogP contribution is -2.27. The van der Waals surface area contributed by atoms with Crippen LogP contribution in [0.3, 0.4) is 0 Å². The van der Waals surface area contributed by atoms with Crippen molar-refractivity contribution in [3.05, 3.63) is 34.8 Å². The standard InChI is InChI=1S/C13H15NO4/c15-13-14(7-6-12-16-8-3-9-17-12)10-4-1-2-5-11(10)18-13/h1-2,4-5,12H,3,6-9H2. The van der Waals surface area contributed by atoms with E-state index in [1.54, 1.807) is 10.6 Å². The van der Waals surface area contributed by atoms with Gasteiger partial charge < -0.3 is 13.9 Å². The van der Waals surface area contributed by atoms with Gasteiger partial charge in [-0.1, -0.05) is 12.1 Å². The predicted molar refractivity (Wildman–Crippen MR) is 65.4 cm³/mol. The summed E-state index contributed by atoms with van der Waals surface area (Å²) in [4.78, 5) is 11.7. The fourth-order valence-electron chi connectivity index (χ4n) is 2.16. The third-order valence-corrected chi connectivity index (χ3v) is 3.06. The molecule has 0 atom stereocenters. The summed E-state index contributed by atoms with van der Waals surface area (Å²) >= 11 is 0. The van der Waals surface area contributed by atoms with Gasteiger partial charge in [-0.2, -0.15) is 0 Å². The highest BCUT2D eigenvalue weighted by atomic mass is 16.7. The number of rotatable bonds is 3. The molecule has 3 rings (SSSR count). The average molecular weight is 249 g/mol. The Morgan fingerprint density at radius 2 is 2.00 bits per heavy atom. The van der Waals surface area contributed by atoms with Crippen molar-refractivity contribution in [3.63, 3.8) is 0 Å². The van der Waals surface area contributed by atoms with Crippen LogP contribution in [0, 0.1) is 0 Å². The van der Waals surface area contributed by atoms with Crippen LogP contribution in [0.5, 0.6) is 0 Å². The van der Waals surface area contributed by atoms with Gasteiger partial charge in [0.25, 0.3) is 0 Å². The number of ether oxygens (including phenoxy) is 2. The molecule has 1 saturated heterocycles. The van der Waals surface area contributed by atoms with Gasteiger partial charge in [-0.3, -0.25) is 4.57 Å². The maximum atomic E-state index is 11.7. The van der Waals surface area contributed by atoms with Crippen LogP contribution in [-0.4, -0.2) is 24.1 Å². The maximum absolute atomic E-state index is 11.7. The Morgan fingerprint density at radius 3 is 2.83 bits per heavy atom. The zero-order chi connectivity index (χ0) is 12.4. The van der Waals surface area contributed by atoms with E-state index in [4.69, 9.17) is 13.9 Å². The van der Waals surface area contributed by atoms with Crippen molar-refractivity contribution in [1.29, 1.82) is 0 Å². The molecule has 0 spiro atoms. The zero-order valence-corrected chi connectivity index (χ0v) is 10.0. The monoisotopic (exact) mass is 249 g/mol.